The number of rotatable bonds is 6. The average Bonchev–Trinajstić information content (AvgIpc) is 3.83. The normalized spacial score (nSPS) is 11.6. The SMILES string of the molecule is c1ccc(-c2nc(-c3ccccc3)nc(-c3cccc(-c4cccc(-n5c6ccccc6c6cc(-c7cccc8c7[nH]c7ccccc78)ccc65)c4)c3)n2)cc1. The first-order chi connectivity index (χ1) is 27.7. The van der Waals surface area contributed by atoms with Gasteiger partial charge in [-0.15, -0.1) is 0 Å². The van der Waals surface area contributed by atoms with E-state index in [0.29, 0.717) is 17.5 Å². The molecule has 5 nitrogen and oxygen atoms in total. The number of para-hydroxylation sites is 3. The third-order valence-electron chi connectivity index (χ3n) is 10.8. The molecular weight excluding hydrogens is 683 g/mol. The Kier molecular flexibility index (Phi) is 7.42. The molecule has 1 N–H and O–H groups in total. The lowest BCUT2D eigenvalue weighted by atomic mass is 10.00. The number of benzene rings is 8. The third kappa shape index (κ3) is 5.37. The van der Waals surface area contributed by atoms with Crippen molar-refractivity contribution in [3.63, 3.8) is 0 Å². The Balaban J connectivity index is 1.02. The van der Waals surface area contributed by atoms with Crippen molar-refractivity contribution in [1.82, 2.24) is 24.5 Å². The molecule has 0 spiro atoms. The number of nitrogens with one attached hydrogen (secondary N) is 1. The molecule has 0 atom stereocenters. The van der Waals surface area contributed by atoms with Gasteiger partial charge in [-0.1, -0.05) is 152 Å². The second-order valence-corrected chi connectivity index (χ2v) is 14.2. The highest BCUT2D eigenvalue weighted by Crippen LogP contribution is 2.39. The summed E-state index contributed by atoms with van der Waals surface area (Å²) >= 11 is 0. The van der Waals surface area contributed by atoms with E-state index >= 15 is 0 Å². The summed E-state index contributed by atoms with van der Waals surface area (Å²) in [7, 11) is 0. The largest absolute Gasteiger partial charge is 0.354 e. The van der Waals surface area contributed by atoms with E-state index in [2.05, 4.69) is 143 Å². The predicted octanol–water partition coefficient (Wildman–Crippen LogP) is 12.9. The number of H-pyrrole nitrogens is 1. The number of aromatic amines is 1. The molecule has 8 aromatic carbocycles. The lowest BCUT2D eigenvalue weighted by molar-refractivity contribution is 1.07. The summed E-state index contributed by atoms with van der Waals surface area (Å²) in [4.78, 5) is 18.6. The van der Waals surface area contributed by atoms with Crippen LogP contribution in [0.25, 0.3) is 106 Å². The first kappa shape index (κ1) is 31.9. The third-order valence-corrected chi connectivity index (χ3v) is 10.8. The van der Waals surface area contributed by atoms with E-state index in [0.717, 1.165) is 50.1 Å². The molecule has 0 unspecified atom stereocenters. The van der Waals surface area contributed by atoms with Gasteiger partial charge in [0.15, 0.2) is 17.5 Å². The minimum atomic E-state index is 0.636. The molecule has 0 radical (unpaired) electrons. The molecule has 0 aliphatic rings. The van der Waals surface area contributed by atoms with E-state index in [1.165, 1.54) is 38.2 Å². The Morgan fingerprint density at radius 2 is 0.893 bits per heavy atom. The van der Waals surface area contributed by atoms with Crippen molar-refractivity contribution in [2.45, 2.75) is 0 Å². The molecule has 0 saturated carbocycles. The average molecular weight is 716 g/mol. The van der Waals surface area contributed by atoms with Crippen LogP contribution in [0.5, 0.6) is 0 Å². The zero-order valence-corrected chi connectivity index (χ0v) is 30.3. The first-order valence-electron chi connectivity index (χ1n) is 18.9. The van der Waals surface area contributed by atoms with E-state index in [4.69, 9.17) is 15.0 Å². The second-order valence-electron chi connectivity index (χ2n) is 14.2. The van der Waals surface area contributed by atoms with E-state index in [9.17, 15) is 0 Å². The number of fused-ring (bicyclic) bond motifs is 6. The molecule has 0 fully saturated rings. The van der Waals surface area contributed by atoms with Gasteiger partial charge in [-0.2, -0.15) is 0 Å². The Hall–Kier alpha value is -7.63. The van der Waals surface area contributed by atoms with Crippen LogP contribution in [0.1, 0.15) is 0 Å². The molecule has 0 aliphatic carbocycles. The van der Waals surface area contributed by atoms with Crippen molar-refractivity contribution in [2.75, 3.05) is 0 Å². The molecule has 262 valence electrons. The van der Waals surface area contributed by atoms with E-state index < -0.39 is 0 Å². The number of hydrogen-bond donors (Lipinski definition) is 1. The molecule has 5 heteroatoms. The van der Waals surface area contributed by atoms with E-state index in [1.54, 1.807) is 0 Å². The minimum Gasteiger partial charge on any atom is -0.354 e. The monoisotopic (exact) mass is 715 g/mol. The summed E-state index contributed by atoms with van der Waals surface area (Å²) in [6.07, 6.45) is 0. The number of nitrogens with zero attached hydrogens (tertiary/aromatic N) is 4. The van der Waals surface area contributed by atoms with Gasteiger partial charge in [0, 0.05) is 55.0 Å². The molecule has 0 aliphatic heterocycles. The predicted molar refractivity (Wildman–Crippen MR) is 231 cm³/mol. The smallest absolute Gasteiger partial charge is 0.164 e. The zero-order valence-electron chi connectivity index (χ0n) is 30.3. The summed E-state index contributed by atoms with van der Waals surface area (Å²) in [5.41, 5.74) is 13.2. The summed E-state index contributed by atoms with van der Waals surface area (Å²) in [6.45, 7) is 0. The van der Waals surface area contributed by atoms with E-state index in [1.807, 2.05) is 60.7 Å². The van der Waals surface area contributed by atoms with Gasteiger partial charge >= 0.3 is 0 Å². The van der Waals surface area contributed by atoms with Crippen molar-refractivity contribution < 1.29 is 0 Å². The van der Waals surface area contributed by atoms with Crippen LogP contribution in [-0.2, 0) is 0 Å². The summed E-state index contributed by atoms with van der Waals surface area (Å²) < 4.78 is 2.38. The first-order valence-corrected chi connectivity index (χ1v) is 18.9. The molecule has 3 aromatic heterocycles. The van der Waals surface area contributed by atoms with Crippen molar-refractivity contribution in [2.24, 2.45) is 0 Å². The summed E-state index contributed by atoms with van der Waals surface area (Å²) in [6, 6.07) is 68.2. The van der Waals surface area contributed by atoms with Crippen LogP contribution in [0, 0.1) is 0 Å². The quantitative estimate of drug-likeness (QED) is 0.186. The van der Waals surface area contributed by atoms with Gasteiger partial charge in [-0.05, 0) is 59.2 Å². The lowest BCUT2D eigenvalue weighted by Gasteiger charge is -2.12. The van der Waals surface area contributed by atoms with Crippen molar-refractivity contribution in [3.05, 3.63) is 194 Å². The maximum atomic E-state index is 4.99. The van der Waals surface area contributed by atoms with Gasteiger partial charge in [0.2, 0.25) is 0 Å². The molecule has 11 aromatic rings. The van der Waals surface area contributed by atoms with Crippen LogP contribution < -0.4 is 0 Å². The van der Waals surface area contributed by atoms with Crippen LogP contribution >= 0.6 is 0 Å². The van der Waals surface area contributed by atoms with E-state index in [-0.39, 0.29) is 0 Å². The Bertz CT molecular complexity index is 3190. The molecule has 0 bridgehead atoms. The zero-order chi connectivity index (χ0) is 37.0. The highest BCUT2D eigenvalue weighted by atomic mass is 15.0. The fourth-order valence-electron chi connectivity index (χ4n) is 8.13. The fraction of sp³-hybridized carbons (Fsp3) is 0. The van der Waals surface area contributed by atoms with Crippen LogP contribution in [-0.4, -0.2) is 24.5 Å². The van der Waals surface area contributed by atoms with Crippen LogP contribution in [0.3, 0.4) is 0 Å². The highest BCUT2D eigenvalue weighted by molar-refractivity contribution is 6.14. The van der Waals surface area contributed by atoms with Crippen molar-refractivity contribution >= 4 is 43.6 Å². The lowest BCUT2D eigenvalue weighted by Crippen LogP contribution is -2.00. The second kappa shape index (κ2) is 13.0. The maximum Gasteiger partial charge on any atom is 0.164 e. The maximum absolute atomic E-state index is 4.99. The number of aromatic nitrogens is 5. The van der Waals surface area contributed by atoms with Gasteiger partial charge in [-0.3, -0.25) is 0 Å². The van der Waals surface area contributed by atoms with Gasteiger partial charge < -0.3 is 9.55 Å². The van der Waals surface area contributed by atoms with Crippen molar-refractivity contribution in [1.29, 1.82) is 0 Å². The topological polar surface area (TPSA) is 59.4 Å². The van der Waals surface area contributed by atoms with Gasteiger partial charge in [0.1, 0.15) is 0 Å². The minimum absolute atomic E-state index is 0.636. The molecular formula is C51H33N5. The summed E-state index contributed by atoms with van der Waals surface area (Å²) in [5, 5.41) is 4.93. The fourth-order valence-corrected chi connectivity index (χ4v) is 8.13. The Morgan fingerprint density at radius 1 is 0.339 bits per heavy atom. The van der Waals surface area contributed by atoms with Crippen LogP contribution in [0.15, 0.2) is 194 Å². The Morgan fingerprint density at radius 3 is 1.66 bits per heavy atom. The van der Waals surface area contributed by atoms with Gasteiger partial charge in [0.05, 0.1) is 16.6 Å². The van der Waals surface area contributed by atoms with Crippen LogP contribution in [0.2, 0.25) is 0 Å². The molecule has 0 amide bonds. The van der Waals surface area contributed by atoms with Gasteiger partial charge in [-0.25, -0.2) is 15.0 Å². The highest BCUT2D eigenvalue weighted by Gasteiger charge is 2.17. The summed E-state index contributed by atoms with van der Waals surface area (Å²) in [5.74, 6) is 1.93. The molecule has 56 heavy (non-hydrogen) atoms. The van der Waals surface area contributed by atoms with Crippen molar-refractivity contribution in [3.8, 4) is 62.1 Å². The Labute approximate surface area is 323 Å². The number of hydrogen-bond acceptors (Lipinski definition) is 3. The van der Waals surface area contributed by atoms with Crippen LogP contribution in [0.4, 0.5) is 0 Å². The van der Waals surface area contributed by atoms with Gasteiger partial charge in [0.25, 0.3) is 0 Å². The molecule has 3 heterocycles. The standard InChI is InChI=1S/C51H33N5/c1-3-14-33(15-4-1)49-53-50(34-16-5-2-6-17-34)55-51(54-49)38-20-11-18-35(30-38)36-19-12-21-39(31-36)56-46-27-10-8-23-42(46)44-32-37(28-29-47(44)56)40-24-13-25-43-41-22-7-9-26-45(41)52-48(40)43/h1-32,52H. The molecule has 11 rings (SSSR count). The molecule has 0 saturated heterocycles.